The number of carboxylic acid groups (broad SMARTS) is 1. The highest BCUT2D eigenvalue weighted by Crippen LogP contribution is 2.17. The van der Waals surface area contributed by atoms with Crippen molar-refractivity contribution >= 4 is 22.5 Å². The molecule has 0 unspecified atom stereocenters. The van der Waals surface area contributed by atoms with E-state index in [4.69, 9.17) is 9.84 Å². The van der Waals surface area contributed by atoms with Crippen LogP contribution in [0.25, 0.3) is 16.6 Å². The van der Waals surface area contributed by atoms with Gasteiger partial charge in [-0.05, 0) is 42.3 Å². The Labute approximate surface area is 125 Å². The molecule has 2 aromatic heterocycles. The highest BCUT2D eigenvalue weighted by molar-refractivity contribution is 5.81. The SMILES string of the molecule is COc1ccc2nc3cc(CCC(=O)O)ccn3c(=O)c2c1. The fourth-order valence-corrected chi connectivity index (χ4v) is 2.36. The predicted molar refractivity (Wildman–Crippen MR) is 81.5 cm³/mol. The third kappa shape index (κ3) is 2.50. The minimum Gasteiger partial charge on any atom is -0.497 e. The summed E-state index contributed by atoms with van der Waals surface area (Å²) in [5, 5.41) is 9.22. The number of fused-ring (bicyclic) bond motifs is 2. The third-order valence-electron chi connectivity index (χ3n) is 3.51. The van der Waals surface area contributed by atoms with Crippen molar-refractivity contribution < 1.29 is 14.6 Å². The van der Waals surface area contributed by atoms with Crippen LogP contribution in [0.1, 0.15) is 12.0 Å². The second kappa shape index (κ2) is 5.48. The van der Waals surface area contributed by atoms with E-state index in [1.54, 1.807) is 43.6 Å². The number of carboxylic acids is 1. The molecule has 112 valence electrons. The van der Waals surface area contributed by atoms with E-state index in [9.17, 15) is 9.59 Å². The summed E-state index contributed by atoms with van der Waals surface area (Å²) in [5.74, 6) is -0.250. The van der Waals surface area contributed by atoms with Crippen molar-refractivity contribution in [3.63, 3.8) is 0 Å². The van der Waals surface area contributed by atoms with Crippen molar-refractivity contribution in [1.29, 1.82) is 0 Å². The number of aryl methyl sites for hydroxylation is 1. The number of nitrogens with zero attached hydrogens (tertiary/aromatic N) is 2. The van der Waals surface area contributed by atoms with Gasteiger partial charge in [-0.2, -0.15) is 0 Å². The molecule has 0 saturated carbocycles. The number of aliphatic carboxylic acids is 1. The number of methoxy groups -OCH3 is 1. The molecule has 0 atom stereocenters. The van der Waals surface area contributed by atoms with Crippen LogP contribution in [0.4, 0.5) is 0 Å². The van der Waals surface area contributed by atoms with Gasteiger partial charge in [0.25, 0.3) is 5.56 Å². The quantitative estimate of drug-likeness (QED) is 0.744. The van der Waals surface area contributed by atoms with Gasteiger partial charge < -0.3 is 9.84 Å². The van der Waals surface area contributed by atoms with Crippen LogP contribution in [-0.2, 0) is 11.2 Å². The highest BCUT2D eigenvalue weighted by atomic mass is 16.5. The summed E-state index contributed by atoms with van der Waals surface area (Å²) in [7, 11) is 1.54. The Morgan fingerprint density at radius 2 is 2.14 bits per heavy atom. The lowest BCUT2D eigenvalue weighted by atomic mass is 10.1. The van der Waals surface area contributed by atoms with Gasteiger partial charge in [-0.25, -0.2) is 4.98 Å². The van der Waals surface area contributed by atoms with E-state index in [2.05, 4.69) is 4.98 Å². The van der Waals surface area contributed by atoms with Gasteiger partial charge in [-0.15, -0.1) is 0 Å². The van der Waals surface area contributed by atoms with Crippen LogP contribution < -0.4 is 10.3 Å². The standard InChI is InChI=1S/C16H14N2O4/c1-22-11-3-4-13-12(9-11)16(21)18-7-6-10(2-5-15(19)20)8-14(18)17-13/h3-4,6-9H,2,5H2,1H3,(H,19,20). The Hall–Kier alpha value is -2.89. The van der Waals surface area contributed by atoms with Gasteiger partial charge in [0.2, 0.25) is 0 Å². The molecule has 0 saturated heterocycles. The second-order valence-electron chi connectivity index (χ2n) is 4.96. The van der Waals surface area contributed by atoms with Crippen molar-refractivity contribution in [3.05, 3.63) is 52.4 Å². The summed E-state index contributed by atoms with van der Waals surface area (Å²) in [6.07, 6.45) is 2.08. The zero-order valence-corrected chi connectivity index (χ0v) is 11.9. The molecule has 0 bridgehead atoms. The van der Waals surface area contributed by atoms with Gasteiger partial charge in [-0.3, -0.25) is 14.0 Å². The monoisotopic (exact) mass is 298 g/mol. The molecule has 0 spiro atoms. The molecule has 6 heteroatoms. The number of benzene rings is 1. The average Bonchev–Trinajstić information content (AvgIpc) is 2.52. The fourth-order valence-electron chi connectivity index (χ4n) is 2.36. The molecular formula is C16H14N2O4. The van der Waals surface area contributed by atoms with Gasteiger partial charge in [0.1, 0.15) is 11.4 Å². The summed E-state index contributed by atoms with van der Waals surface area (Å²) in [6.45, 7) is 0. The molecular weight excluding hydrogens is 284 g/mol. The summed E-state index contributed by atoms with van der Waals surface area (Å²) in [5.41, 5.74) is 1.75. The number of carbonyl (C=O) groups is 1. The van der Waals surface area contributed by atoms with Crippen molar-refractivity contribution in [2.24, 2.45) is 0 Å². The van der Waals surface area contributed by atoms with Gasteiger partial charge in [0.05, 0.1) is 18.0 Å². The average molecular weight is 298 g/mol. The van der Waals surface area contributed by atoms with Gasteiger partial charge >= 0.3 is 5.97 Å². The molecule has 6 nitrogen and oxygen atoms in total. The normalized spacial score (nSPS) is 11.0. The lowest BCUT2D eigenvalue weighted by Crippen LogP contribution is -2.15. The maximum Gasteiger partial charge on any atom is 0.303 e. The smallest absolute Gasteiger partial charge is 0.303 e. The maximum atomic E-state index is 12.5. The Balaban J connectivity index is 2.16. The molecule has 2 heterocycles. The predicted octanol–water partition coefficient (Wildman–Crippen LogP) is 1.87. The zero-order chi connectivity index (χ0) is 15.7. The van der Waals surface area contributed by atoms with Crippen molar-refractivity contribution in [2.45, 2.75) is 12.8 Å². The molecule has 3 rings (SSSR count). The number of hydrogen-bond acceptors (Lipinski definition) is 4. The molecule has 1 N–H and O–H groups in total. The lowest BCUT2D eigenvalue weighted by Gasteiger charge is -2.06. The van der Waals surface area contributed by atoms with Gasteiger partial charge in [0, 0.05) is 12.6 Å². The topological polar surface area (TPSA) is 80.9 Å². The van der Waals surface area contributed by atoms with Crippen LogP contribution in [0.2, 0.25) is 0 Å². The third-order valence-corrected chi connectivity index (χ3v) is 3.51. The first-order valence-electron chi connectivity index (χ1n) is 6.79. The van der Waals surface area contributed by atoms with Crippen LogP contribution in [0.15, 0.2) is 41.3 Å². The minimum absolute atomic E-state index is 0.0468. The maximum absolute atomic E-state index is 12.5. The molecule has 3 aromatic rings. The number of ether oxygens (including phenoxy) is 1. The number of hydrogen-bond donors (Lipinski definition) is 1. The van der Waals surface area contributed by atoms with Crippen LogP contribution in [0.5, 0.6) is 5.75 Å². The molecule has 0 aliphatic heterocycles. The van der Waals surface area contributed by atoms with Crippen molar-refractivity contribution in [1.82, 2.24) is 9.38 Å². The van der Waals surface area contributed by atoms with E-state index < -0.39 is 5.97 Å². The van der Waals surface area contributed by atoms with Crippen LogP contribution in [-0.4, -0.2) is 27.6 Å². The summed E-state index contributed by atoms with van der Waals surface area (Å²) in [6, 6.07) is 8.63. The molecule has 0 fully saturated rings. The molecule has 0 radical (unpaired) electrons. The molecule has 0 aliphatic rings. The Kier molecular flexibility index (Phi) is 3.50. The van der Waals surface area contributed by atoms with E-state index in [0.717, 1.165) is 5.56 Å². The highest BCUT2D eigenvalue weighted by Gasteiger charge is 2.08. The Morgan fingerprint density at radius 3 is 2.86 bits per heavy atom. The van der Waals surface area contributed by atoms with Crippen molar-refractivity contribution in [3.8, 4) is 5.75 Å². The largest absolute Gasteiger partial charge is 0.497 e. The fraction of sp³-hybridized carbons (Fsp3) is 0.188. The summed E-state index contributed by atoms with van der Waals surface area (Å²) < 4.78 is 6.58. The van der Waals surface area contributed by atoms with E-state index in [0.29, 0.717) is 28.7 Å². The Bertz CT molecular complexity index is 930. The lowest BCUT2D eigenvalue weighted by molar-refractivity contribution is -0.136. The van der Waals surface area contributed by atoms with E-state index in [1.807, 2.05) is 0 Å². The molecule has 1 aromatic carbocycles. The number of pyridine rings is 1. The molecule has 22 heavy (non-hydrogen) atoms. The molecule has 0 amide bonds. The zero-order valence-electron chi connectivity index (χ0n) is 11.9. The van der Waals surface area contributed by atoms with E-state index >= 15 is 0 Å². The number of aromatic nitrogens is 2. The first kappa shape index (κ1) is 14.1. The molecule has 0 aliphatic carbocycles. The van der Waals surface area contributed by atoms with Crippen LogP contribution in [0, 0.1) is 0 Å². The Morgan fingerprint density at radius 1 is 1.32 bits per heavy atom. The second-order valence-corrected chi connectivity index (χ2v) is 4.96. The van der Waals surface area contributed by atoms with E-state index in [-0.39, 0.29) is 12.0 Å². The van der Waals surface area contributed by atoms with Gasteiger partial charge in [-0.1, -0.05) is 0 Å². The van der Waals surface area contributed by atoms with Crippen molar-refractivity contribution in [2.75, 3.05) is 7.11 Å². The number of rotatable bonds is 4. The summed E-state index contributed by atoms with van der Waals surface area (Å²) >= 11 is 0. The minimum atomic E-state index is -0.851. The van der Waals surface area contributed by atoms with Crippen LogP contribution >= 0.6 is 0 Å². The summed E-state index contributed by atoms with van der Waals surface area (Å²) in [4.78, 5) is 27.6. The van der Waals surface area contributed by atoms with E-state index in [1.165, 1.54) is 4.40 Å². The van der Waals surface area contributed by atoms with Crippen LogP contribution in [0.3, 0.4) is 0 Å². The first-order chi connectivity index (χ1) is 10.6. The van der Waals surface area contributed by atoms with Gasteiger partial charge in [0.15, 0.2) is 0 Å². The first-order valence-corrected chi connectivity index (χ1v) is 6.79.